The number of fused-ring (bicyclic) bond motifs is 6. The molecule has 0 saturated heterocycles. The van der Waals surface area contributed by atoms with E-state index in [1.807, 2.05) is 12.1 Å². The number of halogens is 2. The summed E-state index contributed by atoms with van der Waals surface area (Å²) >= 11 is 19.7. The predicted octanol–water partition coefficient (Wildman–Crippen LogP) is 22.2. The molecule has 4 N–H and O–H groups in total. The second-order valence-corrected chi connectivity index (χ2v) is 26.5. The molecule has 460 valence electrons. The van der Waals surface area contributed by atoms with Gasteiger partial charge in [0.05, 0.1) is 32.3 Å². The molecule has 0 aromatic heterocycles. The van der Waals surface area contributed by atoms with Crippen molar-refractivity contribution in [1.82, 2.24) is 0 Å². The van der Waals surface area contributed by atoms with Crippen molar-refractivity contribution in [2.45, 2.75) is 223 Å². The van der Waals surface area contributed by atoms with Gasteiger partial charge in [-0.15, -0.1) is 23.5 Å². The number of thioether (sulfide) groups is 2. The number of carbonyl (C=O) groups is 4. The molecule has 0 fully saturated rings. The molecule has 85 heavy (non-hydrogen) atoms. The first-order valence-electron chi connectivity index (χ1n) is 32.0. The van der Waals surface area contributed by atoms with Crippen LogP contribution >= 0.6 is 59.4 Å². The summed E-state index contributed by atoms with van der Waals surface area (Å²) in [6.07, 6.45) is 40.2. The summed E-state index contributed by atoms with van der Waals surface area (Å²) in [7, 11) is 0. The van der Waals surface area contributed by atoms with Crippen molar-refractivity contribution in [1.29, 1.82) is 0 Å². The Labute approximate surface area is 530 Å². The molecule has 13 heteroatoms. The lowest BCUT2D eigenvalue weighted by molar-refractivity contribution is 0.0974. The van der Waals surface area contributed by atoms with Crippen LogP contribution in [0.3, 0.4) is 0 Å². The second kappa shape index (κ2) is 37.3. The molecule has 6 aromatic rings. The van der Waals surface area contributed by atoms with Gasteiger partial charge >= 0.3 is 0 Å². The summed E-state index contributed by atoms with van der Waals surface area (Å²) in [5, 5.41) is 45.6. The van der Waals surface area contributed by atoms with Crippen LogP contribution in [0.5, 0.6) is 23.0 Å². The molecule has 0 amide bonds. The van der Waals surface area contributed by atoms with Gasteiger partial charge in [0.2, 0.25) is 0 Å². The molecule has 0 unspecified atom stereocenters. The van der Waals surface area contributed by atoms with Crippen molar-refractivity contribution in [3.8, 4) is 23.0 Å². The minimum Gasteiger partial charge on any atom is -0.506 e. The van der Waals surface area contributed by atoms with E-state index in [-0.39, 0.29) is 76.8 Å². The van der Waals surface area contributed by atoms with Crippen LogP contribution < -0.4 is 0 Å². The van der Waals surface area contributed by atoms with Gasteiger partial charge in [-0.05, 0) is 60.8 Å². The van der Waals surface area contributed by atoms with Gasteiger partial charge in [0.1, 0.15) is 23.0 Å². The first kappa shape index (κ1) is 69.5. The van der Waals surface area contributed by atoms with Crippen molar-refractivity contribution in [2.75, 3.05) is 17.3 Å². The maximum absolute atomic E-state index is 13.5. The minimum absolute atomic E-state index is 0.0832. The zero-order chi connectivity index (χ0) is 61.1. The highest BCUT2D eigenvalue weighted by Crippen LogP contribution is 2.49. The predicted molar refractivity (Wildman–Crippen MR) is 362 cm³/mol. The number of hydrogen-bond acceptors (Lipinski definition) is 11. The lowest BCUT2D eigenvalue weighted by Crippen LogP contribution is -2.21. The molecule has 0 spiro atoms. The zero-order valence-electron chi connectivity index (χ0n) is 50.7. The second-order valence-electron chi connectivity index (χ2n) is 22.9. The van der Waals surface area contributed by atoms with Crippen LogP contribution in [0.4, 0.5) is 0 Å². The van der Waals surface area contributed by atoms with Crippen molar-refractivity contribution < 1.29 is 39.6 Å². The number of carbonyl (C=O) groups excluding carboxylic acids is 4. The summed E-state index contributed by atoms with van der Waals surface area (Å²) < 4.78 is 0. The Morgan fingerprint density at radius 1 is 0.341 bits per heavy atom. The van der Waals surface area contributed by atoms with Crippen molar-refractivity contribution in [2.24, 2.45) is 0 Å². The van der Waals surface area contributed by atoms with Crippen LogP contribution in [0.15, 0.2) is 82.6 Å². The third-order valence-corrected chi connectivity index (χ3v) is 19.8. The first-order chi connectivity index (χ1) is 41.3. The van der Waals surface area contributed by atoms with E-state index in [4.69, 9.17) is 23.2 Å². The van der Waals surface area contributed by atoms with Gasteiger partial charge in [0.25, 0.3) is 0 Å². The van der Waals surface area contributed by atoms with Crippen LogP contribution in [0.2, 0.25) is 10.0 Å². The smallest absolute Gasteiger partial charge is 0.198 e. The molecule has 0 aliphatic heterocycles. The van der Waals surface area contributed by atoms with Gasteiger partial charge < -0.3 is 20.4 Å². The molecule has 0 bridgehead atoms. The van der Waals surface area contributed by atoms with Gasteiger partial charge in [-0.1, -0.05) is 266 Å². The zero-order valence-corrected chi connectivity index (χ0v) is 54.7. The van der Waals surface area contributed by atoms with Crippen molar-refractivity contribution >= 4 is 104 Å². The Bertz CT molecular complexity index is 2970. The molecule has 6 aromatic carbocycles. The fraction of sp³-hybridized carbons (Fsp3) is 0.500. The highest BCUT2D eigenvalue weighted by Gasteiger charge is 2.38. The Balaban J connectivity index is 0.000000256. The average molecular weight is 1250 g/mol. The van der Waals surface area contributed by atoms with E-state index < -0.39 is 34.6 Å². The monoisotopic (exact) mass is 1250 g/mol. The number of aromatic hydroxyl groups is 4. The van der Waals surface area contributed by atoms with Gasteiger partial charge in [-0.2, -0.15) is 12.6 Å². The number of benzene rings is 6. The van der Waals surface area contributed by atoms with Crippen LogP contribution in [0, 0.1) is 0 Å². The van der Waals surface area contributed by atoms with Crippen LogP contribution in [-0.2, 0) is 0 Å². The highest BCUT2D eigenvalue weighted by molar-refractivity contribution is 8.02. The lowest BCUT2D eigenvalue weighted by atomic mass is 9.81. The summed E-state index contributed by atoms with van der Waals surface area (Å²) in [6.45, 7) is 6.80. The van der Waals surface area contributed by atoms with Gasteiger partial charge in [0.15, 0.2) is 23.1 Å². The van der Waals surface area contributed by atoms with Gasteiger partial charge in [-0.25, -0.2) is 0 Å². The van der Waals surface area contributed by atoms with E-state index in [9.17, 15) is 39.6 Å². The van der Waals surface area contributed by atoms with E-state index in [0.717, 1.165) is 39.9 Å². The lowest BCUT2D eigenvalue weighted by Gasteiger charge is -2.22. The first-order valence-corrected chi connectivity index (χ1v) is 35.3. The Kier molecular flexibility index (Phi) is 30.4. The maximum Gasteiger partial charge on any atom is 0.198 e. The fourth-order valence-electron chi connectivity index (χ4n) is 11.5. The molecular formula is C72H92Cl2O8S3. The Hall–Kier alpha value is -4.65. The number of hydrogen-bond donors (Lipinski definition) is 5. The average Bonchev–Trinajstić information content (AvgIpc) is 0.957. The molecular weight excluding hydrogens is 1160 g/mol. The molecule has 0 saturated carbocycles. The number of phenolic OH excluding ortho intramolecular Hbond substituents is 4. The Morgan fingerprint density at radius 2 is 0.565 bits per heavy atom. The van der Waals surface area contributed by atoms with E-state index in [2.05, 4.69) is 33.4 Å². The largest absolute Gasteiger partial charge is 0.506 e. The Morgan fingerprint density at radius 3 is 0.812 bits per heavy atom. The fourth-order valence-corrected chi connectivity index (χ4v) is 14.3. The molecule has 0 heterocycles. The third-order valence-electron chi connectivity index (χ3n) is 16.4. The van der Waals surface area contributed by atoms with Crippen molar-refractivity contribution in [3.05, 3.63) is 127 Å². The third kappa shape index (κ3) is 19.2. The number of ketones is 4. The van der Waals surface area contributed by atoms with Gasteiger partial charge in [0, 0.05) is 53.6 Å². The van der Waals surface area contributed by atoms with E-state index in [0.29, 0.717) is 10.8 Å². The molecule has 0 atom stereocenters. The molecule has 2 aliphatic carbocycles. The quantitative estimate of drug-likeness (QED) is 0.0114. The summed E-state index contributed by atoms with van der Waals surface area (Å²) in [5.41, 5.74) is 0.296. The van der Waals surface area contributed by atoms with E-state index in [1.54, 1.807) is 59.9 Å². The molecule has 0 radical (unpaired) electrons. The summed E-state index contributed by atoms with van der Waals surface area (Å²) in [5.74, 6) is -0.0863. The molecule has 8 nitrogen and oxygen atoms in total. The summed E-state index contributed by atoms with van der Waals surface area (Å²) in [4.78, 5) is 54.6. The molecule has 2 aliphatic rings. The topological polar surface area (TPSA) is 149 Å². The van der Waals surface area contributed by atoms with Crippen LogP contribution in [0.1, 0.15) is 277 Å². The normalized spacial score (nSPS) is 12.4. The number of rotatable bonds is 34. The summed E-state index contributed by atoms with van der Waals surface area (Å²) in [6, 6.07) is 19.5. The highest BCUT2D eigenvalue weighted by atomic mass is 35.5. The minimum atomic E-state index is -0.527. The van der Waals surface area contributed by atoms with Crippen LogP contribution in [-0.4, -0.2) is 60.8 Å². The number of thiol groups is 1. The van der Waals surface area contributed by atoms with Crippen molar-refractivity contribution in [3.63, 3.8) is 0 Å². The van der Waals surface area contributed by atoms with E-state index in [1.165, 1.54) is 204 Å². The number of unbranched alkanes of at least 4 members (excludes halogenated alkanes) is 27. The standard InChI is InChI=1S/C42H58O4S2.C18H8Cl2O4.C12H26S/c1-3-5-7-9-11-13-15-17-19-23-27-47-35-29-33-34(30-36(35)48-28-24-20-18-16-14-12-10-8-6-4-2)42(46)38-37(41(33)45)39(43)31-25-21-22-26-32(31)40(38)44;19-11-5-9-10(6-12(11)20)18(24)14-13(17(9)23)15(21)7-3-1-2-4-8(7)16(14)22;1-2-3-4-5-6-7-8-9-10-11-12-13/h21-22,25-26,29-30,45-46H,3-20,23-24,27-28H2,1-2H3;1-6,23-24H;13H,2-12H2,1H3. The van der Waals surface area contributed by atoms with Crippen LogP contribution in [0.25, 0.3) is 21.5 Å². The van der Waals surface area contributed by atoms with E-state index >= 15 is 0 Å². The molecule has 8 rings (SSSR count). The maximum atomic E-state index is 13.5. The van der Waals surface area contributed by atoms with Gasteiger partial charge in [-0.3, -0.25) is 19.2 Å². The SMILES string of the molecule is CCCCCCCCCCCCS.CCCCCCCCCCCCSc1cc2c(O)c3c(c(O)c2cc1SCCCCCCCCCCCC)C(=O)c1ccccc1C3=O.O=C1c2ccccc2C(=O)c2c1c(O)c1cc(Cl)c(Cl)cc1c2O. The number of phenols is 4.